The van der Waals surface area contributed by atoms with Crippen LogP contribution in [0.1, 0.15) is 16.1 Å². The van der Waals surface area contributed by atoms with E-state index in [0.29, 0.717) is 12.2 Å². The highest BCUT2D eigenvalue weighted by Crippen LogP contribution is 2.18. The Labute approximate surface area is 139 Å². The SMILES string of the molecule is C=CCOc1ccc(/C=N/NC(=O)c2cc3ccccc3o2)cc1. The third-order valence-electron chi connectivity index (χ3n) is 3.28. The number of hydrogen-bond acceptors (Lipinski definition) is 4. The van der Waals surface area contributed by atoms with Gasteiger partial charge in [0.2, 0.25) is 0 Å². The molecule has 120 valence electrons. The van der Waals surface area contributed by atoms with Gasteiger partial charge in [0.15, 0.2) is 5.76 Å². The van der Waals surface area contributed by atoms with Gasteiger partial charge in [-0.05, 0) is 42.0 Å². The smallest absolute Gasteiger partial charge is 0.307 e. The minimum Gasteiger partial charge on any atom is -0.490 e. The highest BCUT2D eigenvalue weighted by atomic mass is 16.5. The topological polar surface area (TPSA) is 63.8 Å². The summed E-state index contributed by atoms with van der Waals surface area (Å²) < 4.78 is 10.9. The van der Waals surface area contributed by atoms with Gasteiger partial charge in [-0.2, -0.15) is 5.10 Å². The molecule has 0 saturated carbocycles. The molecule has 0 aliphatic rings. The molecule has 0 saturated heterocycles. The van der Waals surface area contributed by atoms with E-state index in [1.807, 2.05) is 48.5 Å². The van der Waals surface area contributed by atoms with E-state index in [1.54, 1.807) is 18.4 Å². The van der Waals surface area contributed by atoms with E-state index in [2.05, 4.69) is 17.1 Å². The third kappa shape index (κ3) is 3.70. The first-order valence-electron chi connectivity index (χ1n) is 7.42. The number of hydrogen-bond donors (Lipinski definition) is 1. The van der Waals surface area contributed by atoms with E-state index in [1.165, 1.54) is 0 Å². The molecule has 0 atom stereocenters. The quantitative estimate of drug-likeness (QED) is 0.427. The van der Waals surface area contributed by atoms with Crippen LogP contribution in [0.4, 0.5) is 0 Å². The van der Waals surface area contributed by atoms with Crippen molar-refractivity contribution in [3.8, 4) is 5.75 Å². The zero-order valence-corrected chi connectivity index (χ0v) is 12.9. The van der Waals surface area contributed by atoms with Crippen molar-refractivity contribution in [1.29, 1.82) is 0 Å². The molecule has 24 heavy (non-hydrogen) atoms. The molecule has 3 aromatic rings. The Kier molecular flexibility index (Phi) is 4.72. The Morgan fingerprint density at radius 1 is 1.21 bits per heavy atom. The number of nitrogens with zero attached hydrogens (tertiary/aromatic N) is 1. The van der Waals surface area contributed by atoms with Crippen molar-refractivity contribution >= 4 is 23.1 Å². The molecule has 0 fully saturated rings. The summed E-state index contributed by atoms with van der Waals surface area (Å²) in [6.07, 6.45) is 3.24. The van der Waals surface area contributed by atoms with Gasteiger partial charge >= 0.3 is 5.91 Å². The molecule has 1 amide bonds. The number of benzene rings is 2. The molecule has 0 radical (unpaired) electrons. The molecule has 1 heterocycles. The van der Waals surface area contributed by atoms with Crippen LogP contribution in [0.25, 0.3) is 11.0 Å². The summed E-state index contributed by atoms with van der Waals surface area (Å²) >= 11 is 0. The molecule has 1 N–H and O–H groups in total. The second-order valence-corrected chi connectivity index (χ2v) is 5.02. The van der Waals surface area contributed by atoms with Crippen LogP contribution in [0.5, 0.6) is 5.75 Å². The highest BCUT2D eigenvalue weighted by molar-refractivity contribution is 5.96. The first kappa shape index (κ1) is 15.6. The predicted molar refractivity (Wildman–Crippen MR) is 93.4 cm³/mol. The van der Waals surface area contributed by atoms with Gasteiger partial charge in [0.1, 0.15) is 17.9 Å². The first-order valence-corrected chi connectivity index (χ1v) is 7.42. The summed E-state index contributed by atoms with van der Waals surface area (Å²) in [5.74, 6) is 0.577. The van der Waals surface area contributed by atoms with Crippen LogP contribution >= 0.6 is 0 Å². The highest BCUT2D eigenvalue weighted by Gasteiger charge is 2.10. The molecule has 0 aliphatic heterocycles. The van der Waals surface area contributed by atoms with Gasteiger partial charge in [-0.3, -0.25) is 4.79 Å². The number of ether oxygens (including phenoxy) is 1. The normalized spacial score (nSPS) is 10.8. The third-order valence-corrected chi connectivity index (χ3v) is 3.28. The van der Waals surface area contributed by atoms with Gasteiger partial charge in [0, 0.05) is 5.39 Å². The van der Waals surface area contributed by atoms with E-state index < -0.39 is 5.91 Å². The average molecular weight is 320 g/mol. The zero-order valence-electron chi connectivity index (χ0n) is 12.9. The molecular weight excluding hydrogens is 304 g/mol. The molecule has 0 unspecified atom stereocenters. The van der Waals surface area contributed by atoms with Gasteiger partial charge in [-0.25, -0.2) is 5.43 Å². The summed E-state index contributed by atoms with van der Waals surface area (Å²) in [5, 5.41) is 4.81. The van der Waals surface area contributed by atoms with Crippen LogP contribution in [0.15, 0.2) is 76.8 Å². The van der Waals surface area contributed by atoms with Crippen molar-refractivity contribution in [3.63, 3.8) is 0 Å². The van der Waals surface area contributed by atoms with E-state index in [0.717, 1.165) is 16.7 Å². The van der Waals surface area contributed by atoms with Gasteiger partial charge in [-0.1, -0.05) is 30.9 Å². The van der Waals surface area contributed by atoms with Crippen LogP contribution in [0.2, 0.25) is 0 Å². The summed E-state index contributed by atoms with van der Waals surface area (Å²) in [7, 11) is 0. The largest absolute Gasteiger partial charge is 0.490 e. The number of carbonyl (C=O) groups is 1. The van der Waals surface area contributed by atoms with Crippen LogP contribution in [0.3, 0.4) is 0 Å². The maximum Gasteiger partial charge on any atom is 0.307 e. The lowest BCUT2D eigenvalue weighted by atomic mass is 10.2. The van der Waals surface area contributed by atoms with Gasteiger partial charge in [-0.15, -0.1) is 0 Å². The van der Waals surface area contributed by atoms with Crippen molar-refractivity contribution in [3.05, 3.63) is 78.6 Å². The van der Waals surface area contributed by atoms with E-state index in [4.69, 9.17) is 9.15 Å². The maximum absolute atomic E-state index is 12.0. The lowest BCUT2D eigenvalue weighted by molar-refractivity contribution is 0.0929. The van der Waals surface area contributed by atoms with Crippen molar-refractivity contribution in [2.24, 2.45) is 5.10 Å². The number of furan rings is 1. The molecular formula is C19H16N2O3. The fraction of sp³-hybridized carbons (Fsp3) is 0.0526. The Morgan fingerprint density at radius 2 is 2.00 bits per heavy atom. The second kappa shape index (κ2) is 7.28. The molecule has 1 aromatic heterocycles. The van der Waals surface area contributed by atoms with E-state index in [9.17, 15) is 4.79 Å². The lowest BCUT2D eigenvalue weighted by Gasteiger charge is -2.02. The Bertz CT molecular complexity index is 846. The van der Waals surface area contributed by atoms with Crippen molar-refractivity contribution in [2.45, 2.75) is 0 Å². The molecule has 2 aromatic carbocycles. The molecule has 3 rings (SSSR count). The number of rotatable bonds is 6. The summed E-state index contributed by atoms with van der Waals surface area (Å²) in [5.41, 5.74) is 3.96. The predicted octanol–water partition coefficient (Wildman–Crippen LogP) is 3.76. The number of carbonyl (C=O) groups excluding carboxylic acids is 1. The zero-order chi connectivity index (χ0) is 16.8. The van der Waals surface area contributed by atoms with Crippen molar-refractivity contribution < 1.29 is 13.9 Å². The average Bonchev–Trinajstić information content (AvgIpc) is 3.05. The molecule has 0 spiro atoms. The van der Waals surface area contributed by atoms with Crippen LogP contribution in [-0.2, 0) is 0 Å². The second-order valence-electron chi connectivity index (χ2n) is 5.02. The van der Waals surface area contributed by atoms with Gasteiger partial charge < -0.3 is 9.15 Å². The molecule has 5 heteroatoms. The standard InChI is InChI=1S/C19H16N2O3/c1-2-11-23-16-9-7-14(8-10-16)13-20-21-19(22)18-12-15-5-3-4-6-17(15)24-18/h2-10,12-13H,1,11H2,(H,21,22)/b20-13+. The minimum absolute atomic E-state index is 0.224. The number of hydrazone groups is 1. The first-order chi connectivity index (χ1) is 11.8. The number of fused-ring (bicyclic) bond motifs is 1. The van der Waals surface area contributed by atoms with Crippen LogP contribution in [-0.4, -0.2) is 18.7 Å². The summed E-state index contributed by atoms with van der Waals surface area (Å²) in [6, 6.07) is 16.5. The van der Waals surface area contributed by atoms with Crippen molar-refractivity contribution in [2.75, 3.05) is 6.61 Å². The van der Waals surface area contributed by atoms with Crippen LogP contribution < -0.4 is 10.2 Å². The molecule has 5 nitrogen and oxygen atoms in total. The molecule has 0 bridgehead atoms. The fourth-order valence-electron chi connectivity index (χ4n) is 2.12. The Balaban J connectivity index is 1.60. The number of amides is 1. The van der Waals surface area contributed by atoms with E-state index >= 15 is 0 Å². The monoisotopic (exact) mass is 320 g/mol. The number of para-hydroxylation sites is 1. The maximum atomic E-state index is 12.0. The Hall–Kier alpha value is -3.34. The minimum atomic E-state index is -0.395. The van der Waals surface area contributed by atoms with Crippen LogP contribution in [0, 0.1) is 0 Å². The van der Waals surface area contributed by atoms with Gasteiger partial charge in [0.05, 0.1) is 6.21 Å². The van der Waals surface area contributed by atoms with E-state index in [-0.39, 0.29) is 5.76 Å². The lowest BCUT2D eigenvalue weighted by Crippen LogP contribution is -2.16. The summed E-state index contributed by atoms with van der Waals surface area (Å²) in [6.45, 7) is 4.05. The molecule has 0 aliphatic carbocycles. The Morgan fingerprint density at radius 3 is 2.75 bits per heavy atom. The van der Waals surface area contributed by atoms with Gasteiger partial charge in [0.25, 0.3) is 0 Å². The fourth-order valence-corrected chi connectivity index (χ4v) is 2.12. The summed E-state index contributed by atoms with van der Waals surface area (Å²) in [4.78, 5) is 12.0. The number of nitrogens with one attached hydrogen (secondary N) is 1. The van der Waals surface area contributed by atoms with Crippen molar-refractivity contribution in [1.82, 2.24) is 5.43 Å².